The van der Waals surface area contributed by atoms with E-state index in [2.05, 4.69) is 5.32 Å². The van der Waals surface area contributed by atoms with Crippen LogP contribution in [0.4, 0.5) is 4.79 Å². The molecule has 0 unspecified atom stereocenters. The van der Waals surface area contributed by atoms with Crippen LogP contribution in [0, 0.1) is 0 Å². The largest absolute Gasteiger partial charge is 1.00 e. The van der Waals surface area contributed by atoms with Gasteiger partial charge in [0.25, 0.3) is 0 Å². The van der Waals surface area contributed by atoms with Gasteiger partial charge >= 0.3 is 35.7 Å². The number of rotatable bonds is 8. The second kappa shape index (κ2) is 12.7. The van der Waals surface area contributed by atoms with Gasteiger partial charge in [-0.15, -0.1) is 0 Å². The molecule has 0 fully saturated rings. The van der Waals surface area contributed by atoms with Gasteiger partial charge in [-0.2, -0.15) is 0 Å². The van der Waals surface area contributed by atoms with Crippen molar-refractivity contribution >= 4 is 18.0 Å². The predicted octanol–water partition coefficient (Wildman–Crippen LogP) is -4.23. The van der Waals surface area contributed by atoms with Crippen LogP contribution in [-0.2, 0) is 14.3 Å². The van der Waals surface area contributed by atoms with E-state index in [0.29, 0.717) is 6.61 Å². The molecule has 98 valence electrons. The van der Waals surface area contributed by atoms with E-state index in [1.807, 2.05) is 12.2 Å². The van der Waals surface area contributed by atoms with Gasteiger partial charge in [-0.1, -0.05) is 19.8 Å². The number of ether oxygens (including phenoxy) is 1. The van der Waals surface area contributed by atoms with E-state index < -0.39 is 24.5 Å². The molecule has 2 N–H and O–H groups in total. The van der Waals surface area contributed by atoms with Gasteiger partial charge in [-0.3, -0.25) is 4.79 Å². The number of carbonyl (C=O) groups excluding carboxylic acids is 3. The summed E-state index contributed by atoms with van der Waals surface area (Å²) in [5.41, 5.74) is 0. The summed E-state index contributed by atoms with van der Waals surface area (Å²) in [4.78, 5) is 32.0. The summed E-state index contributed by atoms with van der Waals surface area (Å²) < 4.78 is 4.76. The monoisotopic (exact) mass is 268 g/mol. The summed E-state index contributed by atoms with van der Waals surface area (Å²) in [6, 6.07) is 0. The van der Waals surface area contributed by atoms with Crippen LogP contribution in [0.5, 0.6) is 0 Å². The molecule has 0 aromatic rings. The molecule has 0 bridgehead atoms. The van der Waals surface area contributed by atoms with Crippen LogP contribution in [0.3, 0.4) is 0 Å². The van der Waals surface area contributed by atoms with Crippen molar-refractivity contribution in [3.8, 4) is 0 Å². The van der Waals surface area contributed by atoms with Gasteiger partial charge in [-0.05, 0) is 6.42 Å². The number of carbonyl (C=O) groups is 3. The molecule has 0 rings (SSSR count). The zero-order chi connectivity index (χ0) is 13.1. The fourth-order valence-corrected chi connectivity index (χ4v) is 0.954. The van der Waals surface area contributed by atoms with Crippen molar-refractivity contribution < 1.29 is 53.8 Å². The van der Waals surface area contributed by atoms with E-state index >= 15 is 0 Å². The van der Waals surface area contributed by atoms with Gasteiger partial charge in [0.05, 0.1) is 19.1 Å². The number of aliphatic carboxylic acids is 1. The van der Waals surface area contributed by atoms with E-state index in [-0.39, 0.29) is 36.1 Å². The Bertz CT molecular complexity index is 273. The Morgan fingerprint density at radius 3 is 2.33 bits per heavy atom. The number of hydrogen-bond acceptors (Lipinski definition) is 5. The fraction of sp³-hybridized carbons (Fsp3) is 0.700. The minimum Gasteiger partial charge on any atom is -0.548 e. The van der Waals surface area contributed by atoms with Gasteiger partial charge in [0.15, 0.2) is 0 Å². The van der Waals surface area contributed by atoms with Crippen molar-refractivity contribution in [2.24, 2.45) is 0 Å². The van der Waals surface area contributed by atoms with Crippen LogP contribution in [0.2, 0.25) is 0 Å². The number of carboxylic acids is 1. The Morgan fingerprint density at radius 2 is 1.78 bits per heavy atom. The average Bonchev–Trinajstić information content (AvgIpc) is 2.29. The summed E-state index contributed by atoms with van der Waals surface area (Å²) in [6.45, 7) is 1.44. The molecule has 0 aromatic carbocycles. The summed E-state index contributed by atoms with van der Waals surface area (Å²) in [7, 11) is 0. The first-order valence-corrected chi connectivity index (χ1v) is 5.43. The van der Waals surface area contributed by atoms with Crippen molar-refractivity contribution in [3.05, 3.63) is 0 Å². The molecule has 7 nitrogen and oxygen atoms in total. The first kappa shape index (κ1) is 19.5. The van der Waals surface area contributed by atoms with Crippen molar-refractivity contribution in [1.82, 2.24) is 10.6 Å². The van der Waals surface area contributed by atoms with Gasteiger partial charge in [0, 0.05) is 0 Å². The molecule has 0 saturated carbocycles. The zero-order valence-electron chi connectivity index (χ0n) is 10.8. The van der Waals surface area contributed by atoms with Crippen molar-refractivity contribution in [2.45, 2.75) is 26.2 Å². The average molecular weight is 268 g/mol. The molecule has 0 aliphatic carbocycles. The summed E-state index contributed by atoms with van der Waals surface area (Å²) in [5, 5.41) is 14.2. The maximum absolute atomic E-state index is 11.0. The third kappa shape index (κ3) is 13.3. The van der Waals surface area contributed by atoms with Gasteiger partial charge in [-0.25, -0.2) is 4.79 Å². The summed E-state index contributed by atoms with van der Waals surface area (Å²) in [5.74, 6) is -2.00. The second-order valence-electron chi connectivity index (χ2n) is 3.35. The Labute approximate surface area is 128 Å². The Balaban J connectivity index is 0. The third-order valence-corrected chi connectivity index (χ3v) is 1.80. The number of nitrogens with one attached hydrogen (secondary N) is 2. The maximum atomic E-state index is 11.0. The number of carboxylic acid groups (broad SMARTS) is 1. The van der Waals surface area contributed by atoms with E-state index in [4.69, 9.17) is 4.74 Å². The quantitative estimate of drug-likeness (QED) is 0.342. The molecule has 0 aromatic heterocycles. The number of alkyl carbamates (subject to hydrolysis) is 1. The normalized spacial score (nSPS) is 8.94. The molecule has 0 saturated heterocycles. The standard InChI is InChI=1S/C10H18N2O5.Na/c1-2-3-4-5-17-10(16)12-6-8(13)11-7-9(14)15;/h2-7H2,1H3,(H,11,13)(H,12,16)(H,14,15);/q;+1/p-1. The van der Waals surface area contributed by atoms with Gasteiger partial charge in [0.1, 0.15) is 6.54 Å². The van der Waals surface area contributed by atoms with E-state index in [0.717, 1.165) is 19.3 Å². The van der Waals surface area contributed by atoms with Crippen LogP contribution in [0.25, 0.3) is 0 Å². The molecular weight excluding hydrogens is 251 g/mol. The molecule has 18 heavy (non-hydrogen) atoms. The molecular formula is C10H17N2NaO5. The minimum absolute atomic E-state index is 0. The van der Waals surface area contributed by atoms with E-state index in [1.54, 1.807) is 0 Å². The molecule has 0 radical (unpaired) electrons. The fourth-order valence-electron chi connectivity index (χ4n) is 0.954. The topological polar surface area (TPSA) is 108 Å². The zero-order valence-corrected chi connectivity index (χ0v) is 12.8. The van der Waals surface area contributed by atoms with Crippen molar-refractivity contribution in [2.75, 3.05) is 19.7 Å². The molecule has 0 spiro atoms. The van der Waals surface area contributed by atoms with Crippen LogP contribution in [-0.4, -0.2) is 37.7 Å². The Kier molecular flexibility index (Phi) is 13.7. The smallest absolute Gasteiger partial charge is 0.548 e. The number of amides is 2. The summed E-state index contributed by atoms with van der Waals surface area (Å²) >= 11 is 0. The first-order valence-electron chi connectivity index (χ1n) is 5.43. The number of hydrogen-bond donors (Lipinski definition) is 2. The van der Waals surface area contributed by atoms with Crippen LogP contribution in [0.1, 0.15) is 26.2 Å². The van der Waals surface area contributed by atoms with Crippen molar-refractivity contribution in [3.63, 3.8) is 0 Å². The van der Waals surface area contributed by atoms with Crippen LogP contribution >= 0.6 is 0 Å². The predicted molar refractivity (Wildman–Crippen MR) is 56.9 cm³/mol. The van der Waals surface area contributed by atoms with E-state index in [1.165, 1.54) is 0 Å². The second-order valence-corrected chi connectivity index (χ2v) is 3.35. The Hall–Kier alpha value is -0.790. The van der Waals surface area contributed by atoms with Crippen LogP contribution in [0.15, 0.2) is 0 Å². The molecule has 0 heterocycles. The van der Waals surface area contributed by atoms with Crippen molar-refractivity contribution in [1.29, 1.82) is 0 Å². The third-order valence-electron chi connectivity index (χ3n) is 1.80. The molecule has 0 atom stereocenters. The van der Waals surface area contributed by atoms with E-state index in [9.17, 15) is 19.5 Å². The summed E-state index contributed by atoms with van der Waals surface area (Å²) in [6.07, 6.45) is 2.08. The van der Waals surface area contributed by atoms with Gasteiger partial charge < -0.3 is 25.3 Å². The number of unbranched alkanes of at least 4 members (excludes halogenated alkanes) is 2. The molecule has 8 heteroatoms. The molecule has 2 amide bonds. The minimum atomic E-state index is -1.39. The molecule has 0 aliphatic heterocycles. The SMILES string of the molecule is CCCCCOC(=O)NCC(=O)NCC(=O)[O-].[Na+]. The van der Waals surface area contributed by atoms with Gasteiger partial charge in [0.2, 0.25) is 5.91 Å². The Morgan fingerprint density at radius 1 is 1.11 bits per heavy atom. The first-order chi connectivity index (χ1) is 8.06. The maximum Gasteiger partial charge on any atom is 1.00 e. The van der Waals surface area contributed by atoms with Crippen LogP contribution < -0.4 is 45.3 Å². The molecule has 0 aliphatic rings.